The van der Waals surface area contributed by atoms with Gasteiger partial charge in [-0.25, -0.2) is 0 Å². The van der Waals surface area contributed by atoms with Gasteiger partial charge in [-0.3, -0.25) is 4.79 Å². The third-order valence-electron chi connectivity index (χ3n) is 3.06. The molecule has 0 bridgehead atoms. The van der Waals surface area contributed by atoms with Crippen molar-refractivity contribution >= 4 is 23.4 Å². The number of carbonyl (C=O) groups excluding carboxylic acids is 1. The lowest BCUT2D eigenvalue weighted by atomic mass is 10.3. The first-order chi connectivity index (χ1) is 9.63. The Morgan fingerprint density at radius 2 is 2.00 bits per heavy atom. The van der Waals surface area contributed by atoms with Crippen LogP contribution in [-0.4, -0.2) is 33.5 Å². The predicted octanol–water partition coefficient (Wildman–Crippen LogP) is 2.36. The molecular weight excluding hydrogens is 272 g/mol. The molecule has 0 unspecified atom stereocenters. The van der Waals surface area contributed by atoms with Crippen molar-refractivity contribution in [2.45, 2.75) is 25.5 Å². The second-order valence-corrected chi connectivity index (χ2v) is 5.29. The minimum absolute atomic E-state index is 0.0458. The van der Waals surface area contributed by atoms with Crippen LogP contribution in [-0.2, 0) is 11.3 Å². The molecule has 6 heteroatoms. The molecule has 0 saturated heterocycles. The fourth-order valence-corrected chi connectivity index (χ4v) is 2.81. The van der Waals surface area contributed by atoms with Crippen LogP contribution >= 0.6 is 11.8 Å². The quantitative estimate of drug-likeness (QED) is 0.793. The van der Waals surface area contributed by atoms with Crippen molar-refractivity contribution in [2.75, 3.05) is 17.7 Å². The average molecular weight is 290 g/mol. The van der Waals surface area contributed by atoms with Gasteiger partial charge in [0.15, 0.2) is 5.16 Å². The van der Waals surface area contributed by atoms with E-state index < -0.39 is 0 Å². The largest absolute Gasteiger partial charge is 0.315 e. The van der Waals surface area contributed by atoms with E-state index >= 15 is 0 Å². The summed E-state index contributed by atoms with van der Waals surface area (Å²) in [6, 6.07) is 9.61. The summed E-state index contributed by atoms with van der Waals surface area (Å²) in [6.45, 7) is 4.76. The van der Waals surface area contributed by atoms with Gasteiger partial charge in [-0.15, -0.1) is 10.2 Å². The highest BCUT2D eigenvalue weighted by Crippen LogP contribution is 2.19. The van der Waals surface area contributed by atoms with E-state index in [1.807, 2.05) is 48.7 Å². The highest BCUT2D eigenvalue weighted by atomic mass is 32.2. The second kappa shape index (κ2) is 6.56. The zero-order valence-electron chi connectivity index (χ0n) is 11.9. The maximum Gasteiger partial charge on any atom is 0.237 e. The van der Waals surface area contributed by atoms with E-state index in [1.165, 1.54) is 11.8 Å². The molecule has 0 N–H and O–H groups in total. The number of thioether (sulfide) groups is 1. The van der Waals surface area contributed by atoms with E-state index in [1.54, 1.807) is 11.9 Å². The normalized spacial score (nSPS) is 10.6. The Morgan fingerprint density at radius 1 is 1.30 bits per heavy atom. The first-order valence-corrected chi connectivity index (χ1v) is 7.46. The average Bonchev–Trinajstić information content (AvgIpc) is 2.85. The summed E-state index contributed by atoms with van der Waals surface area (Å²) >= 11 is 1.42. The molecule has 0 spiro atoms. The molecule has 1 amide bonds. The smallest absolute Gasteiger partial charge is 0.237 e. The van der Waals surface area contributed by atoms with Crippen LogP contribution in [0.4, 0.5) is 5.69 Å². The number of para-hydroxylation sites is 1. The summed E-state index contributed by atoms with van der Waals surface area (Å²) in [6.07, 6.45) is 0. The van der Waals surface area contributed by atoms with E-state index in [0.717, 1.165) is 23.2 Å². The van der Waals surface area contributed by atoms with Gasteiger partial charge in [0.05, 0.1) is 5.75 Å². The summed E-state index contributed by atoms with van der Waals surface area (Å²) in [5.41, 5.74) is 0.895. The number of aromatic nitrogens is 3. The number of nitrogens with zero attached hydrogens (tertiary/aromatic N) is 4. The van der Waals surface area contributed by atoms with Crippen LogP contribution in [0.15, 0.2) is 35.5 Å². The molecule has 0 fully saturated rings. The van der Waals surface area contributed by atoms with Gasteiger partial charge in [-0.2, -0.15) is 0 Å². The molecule has 2 aromatic rings. The number of anilines is 1. The third kappa shape index (κ3) is 3.19. The highest BCUT2D eigenvalue weighted by Gasteiger charge is 2.14. The number of aryl methyl sites for hydroxylation is 1. The maximum absolute atomic E-state index is 12.2. The van der Waals surface area contributed by atoms with Crippen molar-refractivity contribution in [3.63, 3.8) is 0 Å². The highest BCUT2D eigenvalue weighted by molar-refractivity contribution is 7.99. The molecule has 0 radical (unpaired) electrons. The Balaban J connectivity index is 1.98. The van der Waals surface area contributed by atoms with Crippen molar-refractivity contribution in [1.29, 1.82) is 0 Å². The van der Waals surface area contributed by atoms with Crippen molar-refractivity contribution in [2.24, 2.45) is 0 Å². The van der Waals surface area contributed by atoms with Gasteiger partial charge < -0.3 is 9.47 Å². The second-order valence-electron chi connectivity index (χ2n) is 4.35. The minimum Gasteiger partial charge on any atom is -0.315 e. The fraction of sp³-hybridized carbons (Fsp3) is 0.357. The Morgan fingerprint density at radius 3 is 2.65 bits per heavy atom. The Labute approximate surface area is 123 Å². The number of carbonyl (C=O) groups is 1. The Bertz CT molecular complexity index is 582. The van der Waals surface area contributed by atoms with Gasteiger partial charge in [0.2, 0.25) is 5.91 Å². The van der Waals surface area contributed by atoms with E-state index in [2.05, 4.69) is 10.2 Å². The number of hydrogen-bond acceptors (Lipinski definition) is 4. The van der Waals surface area contributed by atoms with Gasteiger partial charge in [-0.05, 0) is 26.0 Å². The number of rotatable bonds is 5. The van der Waals surface area contributed by atoms with Gasteiger partial charge in [0.25, 0.3) is 0 Å². The zero-order valence-corrected chi connectivity index (χ0v) is 12.7. The molecule has 0 aliphatic carbocycles. The van der Waals surface area contributed by atoms with Crippen LogP contribution in [0.1, 0.15) is 12.7 Å². The predicted molar refractivity (Wildman–Crippen MR) is 81.0 cm³/mol. The van der Waals surface area contributed by atoms with Crippen LogP contribution in [0.3, 0.4) is 0 Å². The number of amides is 1. The summed E-state index contributed by atoms with van der Waals surface area (Å²) in [5, 5.41) is 8.92. The lowest BCUT2D eigenvalue weighted by molar-refractivity contribution is -0.115. The van der Waals surface area contributed by atoms with Gasteiger partial charge in [0.1, 0.15) is 5.82 Å². The number of hydrogen-bond donors (Lipinski definition) is 0. The molecule has 1 heterocycles. The summed E-state index contributed by atoms with van der Waals surface area (Å²) < 4.78 is 2.00. The lowest BCUT2D eigenvalue weighted by Crippen LogP contribution is -2.27. The SMILES string of the molecule is CCn1c(C)nnc1SCC(=O)N(C)c1ccccc1. The van der Waals surface area contributed by atoms with Crippen LogP contribution in [0.25, 0.3) is 0 Å². The van der Waals surface area contributed by atoms with E-state index in [0.29, 0.717) is 5.75 Å². The molecule has 1 aromatic heterocycles. The van der Waals surface area contributed by atoms with Gasteiger partial charge >= 0.3 is 0 Å². The summed E-state index contributed by atoms with van der Waals surface area (Å²) in [4.78, 5) is 13.8. The molecule has 1 aromatic carbocycles. The standard InChI is InChI=1S/C14H18N4OS/c1-4-18-11(2)15-16-14(18)20-10-13(19)17(3)12-8-6-5-7-9-12/h5-9H,4,10H2,1-3H3. The molecule has 0 saturated carbocycles. The maximum atomic E-state index is 12.2. The minimum atomic E-state index is 0.0458. The van der Waals surface area contributed by atoms with E-state index in [4.69, 9.17) is 0 Å². The molecule has 20 heavy (non-hydrogen) atoms. The molecule has 0 aliphatic rings. The van der Waals surface area contributed by atoms with E-state index in [-0.39, 0.29) is 5.91 Å². The van der Waals surface area contributed by atoms with E-state index in [9.17, 15) is 4.79 Å². The van der Waals surface area contributed by atoms with Crippen LogP contribution < -0.4 is 4.90 Å². The van der Waals surface area contributed by atoms with Crippen molar-refractivity contribution < 1.29 is 4.79 Å². The van der Waals surface area contributed by atoms with Crippen LogP contribution in [0, 0.1) is 6.92 Å². The van der Waals surface area contributed by atoms with Crippen molar-refractivity contribution in [1.82, 2.24) is 14.8 Å². The Kier molecular flexibility index (Phi) is 4.79. The topological polar surface area (TPSA) is 51.0 Å². The van der Waals surface area contributed by atoms with Crippen molar-refractivity contribution in [3.05, 3.63) is 36.2 Å². The third-order valence-corrected chi connectivity index (χ3v) is 4.01. The molecular formula is C14H18N4OS. The summed E-state index contributed by atoms with van der Waals surface area (Å²) in [7, 11) is 1.79. The number of benzene rings is 1. The van der Waals surface area contributed by atoms with Crippen LogP contribution in [0.5, 0.6) is 0 Å². The van der Waals surface area contributed by atoms with Crippen molar-refractivity contribution in [3.8, 4) is 0 Å². The van der Waals surface area contributed by atoms with Gasteiger partial charge in [0, 0.05) is 19.3 Å². The first kappa shape index (κ1) is 14.6. The summed E-state index contributed by atoms with van der Waals surface area (Å²) in [5.74, 6) is 1.27. The first-order valence-electron chi connectivity index (χ1n) is 6.47. The molecule has 0 aliphatic heterocycles. The van der Waals surface area contributed by atoms with Gasteiger partial charge in [-0.1, -0.05) is 30.0 Å². The monoisotopic (exact) mass is 290 g/mol. The molecule has 5 nitrogen and oxygen atoms in total. The Hall–Kier alpha value is -1.82. The zero-order chi connectivity index (χ0) is 14.5. The molecule has 2 rings (SSSR count). The lowest BCUT2D eigenvalue weighted by Gasteiger charge is -2.16. The molecule has 106 valence electrons. The fourth-order valence-electron chi connectivity index (χ4n) is 1.85. The molecule has 0 atom stereocenters. The van der Waals surface area contributed by atoms with Crippen LogP contribution in [0.2, 0.25) is 0 Å².